The Labute approximate surface area is 138 Å². The molecule has 0 saturated heterocycles. The van der Waals surface area contributed by atoms with Gasteiger partial charge < -0.3 is 10.1 Å². The summed E-state index contributed by atoms with van der Waals surface area (Å²) in [5, 5.41) is 2.99. The molecule has 0 aliphatic heterocycles. The molecule has 0 saturated carbocycles. The van der Waals surface area contributed by atoms with Crippen molar-refractivity contribution in [3.63, 3.8) is 0 Å². The molecular formula is C20H23NO2. The highest BCUT2D eigenvalue weighted by atomic mass is 16.5. The molecule has 0 heterocycles. The predicted molar refractivity (Wildman–Crippen MR) is 94.5 cm³/mol. The van der Waals surface area contributed by atoms with Crippen LogP contribution in [0, 0.1) is 13.8 Å². The molecule has 0 spiro atoms. The van der Waals surface area contributed by atoms with Crippen molar-refractivity contribution in [3.05, 3.63) is 70.8 Å². The second-order valence-corrected chi connectivity index (χ2v) is 5.68. The van der Waals surface area contributed by atoms with Crippen LogP contribution >= 0.6 is 0 Å². The lowest BCUT2D eigenvalue weighted by molar-refractivity contribution is -0.117. The molecule has 1 amide bonds. The number of hydrogen-bond donors (Lipinski definition) is 1. The molecule has 0 unspecified atom stereocenters. The molecule has 0 aliphatic rings. The molecule has 1 N–H and O–H groups in total. The highest BCUT2D eigenvalue weighted by Crippen LogP contribution is 2.17. The molecule has 1 atom stereocenters. The fourth-order valence-electron chi connectivity index (χ4n) is 2.27. The van der Waals surface area contributed by atoms with Gasteiger partial charge in [-0.3, -0.25) is 4.79 Å². The smallest absolute Gasteiger partial charge is 0.244 e. The van der Waals surface area contributed by atoms with Crippen molar-refractivity contribution in [2.45, 2.75) is 26.8 Å². The summed E-state index contributed by atoms with van der Waals surface area (Å²) >= 11 is 0. The first kappa shape index (κ1) is 16.8. The van der Waals surface area contributed by atoms with Gasteiger partial charge in [0.05, 0.1) is 13.2 Å². The van der Waals surface area contributed by atoms with Gasteiger partial charge in [0, 0.05) is 6.08 Å². The molecule has 120 valence electrons. The van der Waals surface area contributed by atoms with E-state index in [4.69, 9.17) is 4.74 Å². The fourth-order valence-corrected chi connectivity index (χ4v) is 2.27. The third-order valence-corrected chi connectivity index (χ3v) is 3.93. The van der Waals surface area contributed by atoms with Gasteiger partial charge in [-0.2, -0.15) is 0 Å². The molecule has 0 aliphatic carbocycles. The van der Waals surface area contributed by atoms with Gasteiger partial charge in [-0.15, -0.1) is 0 Å². The standard InChI is InChI=1S/C20H23NO2/c1-14-5-9-18(13-15(14)2)16(3)21-20(22)12-8-17-6-10-19(23-4)11-7-17/h5-13,16H,1-4H3,(H,21,22)/b12-8+/t16-/m0/s1. The van der Waals surface area contributed by atoms with Crippen LogP contribution < -0.4 is 10.1 Å². The quantitative estimate of drug-likeness (QED) is 0.841. The van der Waals surface area contributed by atoms with E-state index in [1.54, 1.807) is 19.3 Å². The Kier molecular flexibility index (Phi) is 5.58. The topological polar surface area (TPSA) is 38.3 Å². The van der Waals surface area contributed by atoms with E-state index in [1.165, 1.54) is 11.1 Å². The number of methoxy groups -OCH3 is 1. The van der Waals surface area contributed by atoms with Crippen molar-refractivity contribution >= 4 is 12.0 Å². The van der Waals surface area contributed by atoms with Crippen molar-refractivity contribution in [1.29, 1.82) is 0 Å². The predicted octanol–water partition coefficient (Wildman–Crippen LogP) is 4.20. The number of aryl methyl sites for hydroxylation is 2. The van der Waals surface area contributed by atoms with E-state index in [1.807, 2.05) is 31.2 Å². The molecule has 3 nitrogen and oxygen atoms in total. The maximum atomic E-state index is 12.1. The number of carbonyl (C=O) groups excluding carboxylic acids is 1. The lowest BCUT2D eigenvalue weighted by Crippen LogP contribution is -2.24. The Balaban J connectivity index is 1.97. The van der Waals surface area contributed by atoms with Gasteiger partial charge >= 0.3 is 0 Å². The molecule has 0 fully saturated rings. The zero-order valence-corrected chi connectivity index (χ0v) is 14.1. The van der Waals surface area contributed by atoms with Crippen LogP contribution in [-0.4, -0.2) is 13.0 Å². The van der Waals surface area contributed by atoms with Gasteiger partial charge in [-0.25, -0.2) is 0 Å². The van der Waals surface area contributed by atoms with E-state index in [0.29, 0.717) is 0 Å². The second kappa shape index (κ2) is 7.63. The highest BCUT2D eigenvalue weighted by Gasteiger charge is 2.08. The third-order valence-electron chi connectivity index (χ3n) is 3.93. The molecule has 2 rings (SSSR count). The molecule has 0 aromatic heterocycles. The molecule has 2 aromatic rings. The van der Waals surface area contributed by atoms with Crippen LogP contribution in [-0.2, 0) is 4.79 Å². The monoisotopic (exact) mass is 309 g/mol. The molecule has 0 radical (unpaired) electrons. The van der Waals surface area contributed by atoms with Crippen LogP contribution in [0.3, 0.4) is 0 Å². The van der Waals surface area contributed by atoms with Gasteiger partial charge in [-0.1, -0.05) is 30.3 Å². The van der Waals surface area contributed by atoms with Crippen LogP contribution in [0.4, 0.5) is 0 Å². The maximum Gasteiger partial charge on any atom is 0.244 e. The first-order valence-electron chi connectivity index (χ1n) is 7.69. The zero-order chi connectivity index (χ0) is 16.8. The second-order valence-electron chi connectivity index (χ2n) is 5.68. The number of hydrogen-bond acceptors (Lipinski definition) is 2. The Morgan fingerprint density at radius 1 is 1.09 bits per heavy atom. The van der Waals surface area contributed by atoms with E-state index >= 15 is 0 Å². The van der Waals surface area contributed by atoms with Crippen LogP contribution in [0.5, 0.6) is 5.75 Å². The largest absolute Gasteiger partial charge is 0.497 e. The number of carbonyl (C=O) groups is 1. The fraction of sp³-hybridized carbons (Fsp3) is 0.250. The average molecular weight is 309 g/mol. The van der Waals surface area contributed by atoms with E-state index in [0.717, 1.165) is 16.9 Å². The summed E-state index contributed by atoms with van der Waals surface area (Å²) in [6.45, 7) is 6.15. The van der Waals surface area contributed by atoms with Crippen molar-refractivity contribution in [2.24, 2.45) is 0 Å². The van der Waals surface area contributed by atoms with Crippen LogP contribution in [0.1, 0.15) is 35.2 Å². The summed E-state index contributed by atoms with van der Waals surface area (Å²) in [6.07, 6.45) is 3.35. The summed E-state index contributed by atoms with van der Waals surface area (Å²) in [5.74, 6) is 0.696. The Morgan fingerprint density at radius 2 is 1.78 bits per heavy atom. The van der Waals surface area contributed by atoms with Crippen molar-refractivity contribution in [2.75, 3.05) is 7.11 Å². The molecule has 3 heteroatoms. The van der Waals surface area contributed by atoms with E-state index in [-0.39, 0.29) is 11.9 Å². The molecule has 23 heavy (non-hydrogen) atoms. The van der Waals surface area contributed by atoms with Crippen LogP contribution in [0.15, 0.2) is 48.5 Å². The third kappa shape index (κ3) is 4.71. The number of ether oxygens (including phenoxy) is 1. The first-order chi connectivity index (χ1) is 11.0. The van der Waals surface area contributed by atoms with Crippen molar-refractivity contribution < 1.29 is 9.53 Å². The summed E-state index contributed by atoms with van der Waals surface area (Å²) in [4.78, 5) is 12.1. The van der Waals surface area contributed by atoms with Gasteiger partial charge in [0.25, 0.3) is 0 Å². The number of benzene rings is 2. The SMILES string of the molecule is COc1ccc(/C=C/C(=O)N[C@@H](C)c2ccc(C)c(C)c2)cc1. The molecule has 0 bridgehead atoms. The summed E-state index contributed by atoms with van der Waals surface area (Å²) in [6, 6.07) is 13.8. The Hall–Kier alpha value is -2.55. The van der Waals surface area contributed by atoms with Crippen molar-refractivity contribution in [3.8, 4) is 5.75 Å². The number of rotatable bonds is 5. The number of nitrogens with one attached hydrogen (secondary N) is 1. The lowest BCUT2D eigenvalue weighted by Gasteiger charge is -2.14. The molecule has 2 aromatic carbocycles. The summed E-state index contributed by atoms with van der Waals surface area (Å²) < 4.78 is 5.11. The van der Waals surface area contributed by atoms with Gasteiger partial charge in [0.1, 0.15) is 5.75 Å². The first-order valence-corrected chi connectivity index (χ1v) is 7.69. The van der Waals surface area contributed by atoms with Gasteiger partial charge in [-0.05, 0) is 61.2 Å². The minimum atomic E-state index is -0.105. The van der Waals surface area contributed by atoms with Crippen LogP contribution in [0.25, 0.3) is 6.08 Å². The lowest BCUT2D eigenvalue weighted by atomic mass is 10.0. The highest BCUT2D eigenvalue weighted by molar-refractivity contribution is 5.92. The van der Waals surface area contributed by atoms with Crippen LogP contribution in [0.2, 0.25) is 0 Å². The Bertz CT molecular complexity index is 702. The van der Waals surface area contributed by atoms with Gasteiger partial charge in [0.15, 0.2) is 0 Å². The summed E-state index contributed by atoms with van der Waals surface area (Å²) in [5.41, 5.74) is 4.56. The van der Waals surface area contributed by atoms with Gasteiger partial charge in [0.2, 0.25) is 5.91 Å². The van der Waals surface area contributed by atoms with Crippen molar-refractivity contribution in [1.82, 2.24) is 5.32 Å². The zero-order valence-electron chi connectivity index (χ0n) is 14.1. The Morgan fingerprint density at radius 3 is 2.39 bits per heavy atom. The van der Waals surface area contributed by atoms with E-state index in [2.05, 4.69) is 37.4 Å². The van der Waals surface area contributed by atoms with E-state index < -0.39 is 0 Å². The minimum absolute atomic E-state index is 0.0256. The molecular weight excluding hydrogens is 286 g/mol. The average Bonchev–Trinajstić information content (AvgIpc) is 2.55. The minimum Gasteiger partial charge on any atom is -0.497 e. The normalized spacial score (nSPS) is 12.2. The summed E-state index contributed by atoms with van der Waals surface area (Å²) in [7, 11) is 1.63. The maximum absolute atomic E-state index is 12.1. The number of amides is 1. The van der Waals surface area contributed by atoms with E-state index in [9.17, 15) is 4.79 Å².